The minimum Gasteiger partial charge on any atom is -0.358 e. The quantitative estimate of drug-likeness (QED) is 0.641. The van der Waals surface area contributed by atoms with Crippen molar-refractivity contribution in [3.63, 3.8) is 0 Å². The van der Waals surface area contributed by atoms with E-state index in [1.807, 2.05) is 7.05 Å². The molecule has 122 valence electrons. The van der Waals surface area contributed by atoms with Gasteiger partial charge in [0.25, 0.3) is 0 Å². The summed E-state index contributed by atoms with van der Waals surface area (Å²) in [4.78, 5) is 17.0. The summed E-state index contributed by atoms with van der Waals surface area (Å²) in [6.07, 6.45) is 3.48. The summed E-state index contributed by atoms with van der Waals surface area (Å²) in [5, 5.41) is 11.3. The van der Waals surface area contributed by atoms with Crippen molar-refractivity contribution in [2.24, 2.45) is 7.05 Å². The average molecular weight is 314 g/mol. The molecule has 0 spiro atoms. The Morgan fingerprint density at radius 3 is 2.65 bits per heavy atom. The van der Waals surface area contributed by atoms with Crippen LogP contribution in [0.3, 0.4) is 0 Å². The third kappa shape index (κ3) is 2.69. The molecule has 0 amide bonds. The van der Waals surface area contributed by atoms with Crippen molar-refractivity contribution in [1.29, 1.82) is 0 Å². The highest BCUT2D eigenvalue weighted by Gasteiger charge is 2.39. The van der Waals surface area contributed by atoms with Gasteiger partial charge in [-0.15, -0.1) is 0 Å². The Kier molecular flexibility index (Phi) is 4.07. The van der Waals surface area contributed by atoms with E-state index >= 15 is 0 Å². The molecule has 23 heavy (non-hydrogen) atoms. The van der Waals surface area contributed by atoms with E-state index in [0.717, 1.165) is 19.4 Å². The van der Waals surface area contributed by atoms with Crippen LogP contribution in [0.2, 0.25) is 0 Å². The number of imidazole rings is 1. The molecule has 1 aromatic carbocycles. The molecule has 0 aliphatic carbocycles. The first-order valence-corrected chi connectivity index (χ1v) is 8.01. The highest BCUT2D eigenvalue weighted by Crippen LogP contribution is 2.40. The van der Waals surface area contributed by atoms with Crippen molar-refractivity contribution >= 4 is 11.6 Å². The van der Waals surface area contributed by atoms with Gasteiger partial charge in [0.2, 0.25) is 12.1 Å². The summed E-state index contributed by atoms with van der Waals surface area (Å²) < 4.78 is 1.76. The molecule has 0 bridgehead atoms. The molecule has 0 unspecified atom stereocenters. The smallest absolute Gasteiger partial charge is 0.358 e. The molecule has 2 heterocycles. The summed E-state index contributed by atoms with van der Waals surface area (Å²) in [6, 6.07) is 8.90. The van der Waals surface area contributed by atoms with Gasteiger partial charge in [-0.2, -0.15) is 0 Å². The number of aryl methyl sites for hydroxylation is 2. The van der Waals surface area contributed by atoms with Crippen LogP contribution in [0.4, 0.5) is 11.6 Å². The standard InChI is InChI=1S/C17H22N4O2/c1-4-15-14(13-7-5-12(2)6-8-13)9-10-20(15)17-16(21(22)23)18-11-19(17)3/h5-8,11,14-15H,4,9-10H2,1-3H3/t14-,15-/m0/s1. The molecule has 0 radical (unpaired) electrons. The maximum Gasteiger partial charge on any atom is 0.406 e. The fourth-order valence-corrected chi connectivity index (χ4v) is 3.70. The first kappa shape index (κ1) is 15.5. The lowest BCUT2D eigenvalue weighted by molar-refractivity contribution is -0.388. The predicted octanol–water partition coefficient (Wildman–Crippen LogP) is 3.41. The van der Waals surface area contributed by atoms with Gasteiger partial charge in [0.05, 0.1) is 0 Å². The zero-order valence-corrected chi connectivity index (χ0v) is 13.8. The van der Waals surface area contributed by atoms with Gasteiger partial charge in [-0.05, 0) is 35.2 Å². The van der Waals surface area contributed by atoms with Gasteiger partial charge >= 0.3 is 5.82 Å². The third-order valence-electron chi connectivity index (χ3n) is 4.80. The minimum absolute atomic E-state index is 0.0458. The largest absolute Gasteiger partial charge is 0.406 e. The molecule has 1 saturated heterocycles. The maximum absolute atomic E-state index is 11.3. The van der Waals surface area contributed by atoms with E-state index in [9.17, 15) is 10.1 Å². The molecular weight excluding hydrogens is 292 g/mol. The fraction of sp³-hybridized carbons (Fsp3) is 0.471. The normalized spacial score (nSPS) is 20.9. The van der Waals surface area contributed by atoms with E-state index in [1.165, 1.54) is 17.5 Å². The average Bonchev–Trinajstić information content (AvgIpc) is 3.10. The van der Waals surface area contributed by atoms with Crippen LogP contribution in [0.5, 0.6) is 0 Å². The molecule has 0 N–H and O–H groups in total. The Balaban J connectivity index is 1.95. The van der Waals surface area contributed by atoms with Crippen LogP contribution in [0.1, 0.15) is 36.8 Å². The summed E-state index contributed by atoms with van der Waals surface area (Å²) in [7, 11) is 1.82. The summed E-state index contributed by atoms with van der Waals surface area (Å²) in [5.74, 6) is 0.974. The zero-order chi connectivity index (χ0) is 16.6. The highest BCUT2D eigenvalue weighted by molar-refractivity contribution is 5.57. The Bertz CT molecular complexity index is 708. The van der Waals surface area contributed by atoms with Gasteiger partial charge in [-0.1, -0.05) is 36.8 Å². The number of aromatic nitrogens is 2. The Morgan fingerprint density at radius 2 is 2.04 bits per heavy atom. The molecule has 1 aromatic heterocycles. The highest BCUT2D eigenvalue weighted by atomic mass is 16.6. The van der Waals surface area contributed by atoms with Crippen molar-refractivity contribution in [1.82, 2.24) is 9.55 Å². The Morgan fingerprint density at radius 1 is 1.35 bits per heavy atom. The van der Waals surface area contributed by atoms with Crippen LogP contribution in [0, 0.1) is 17.0 Å². The van der Waals surface area contributed by atoms with E-state index in [2.05, 4.69) is 48.0 Å². The van der Waals surface area contributed by atoms with Crippen molar-refractivity contribution < 1.29 is 4.92 Å². The number of hydrogen-bond donors (Lipinski definition) is 0. The number of nitrogens with zero attached hydrogens (tertiary/aromatic N) is 4. The molecule has 3 rings (SSSR count). The number of anilines is 1. The maximum atomic E-state index is 11.3. The van der Waals surface area contributed by atoms with Crippen LogP contribution in [-0.2, 0) is 7.05 Å². The summed E-state index contributed by atoms with van der Waals surface area (Å²) in [6.45, 7) is 5.05. The Labute approximate surface area is 135 Å². The van der Waals surface area contributed by atoms with Crippen molar-refractivity contribution in [2.45, 2.75) is 38.6 Å². The van der Waals surface area contributed by atoms with Crippen molar-refractivity contribution in [3.8, 4) is 0 Å². The molecule has 6 nitrogen and oxygen atoms in total. The number of nitro groups is 1. The van der Waals surface area contributed by atoms with E-state index in [4.69, 9.17) is 0 Å². The lowest BCUT2D eigenvalue weighted by atomic mass is 9.90. The second-order valence-electron chi connectivity index (χ2n) is 6.23. The predicted molar refractivity (Wildman–Crippen MR) is 89.8 cm³/mol. The summed E-state index contributed by atoms with van der Waals surface area (Å²) >= 11 is 0. The fourth-order valence-electron chi connectivity index (χ4n) is 3.70. The van der Waals surface area contributed by atoms with E-state index < -0.39 is 0 Å². The zero-order valence-electron chi connectivity index (χ0n) is 13.8. The second-order valence-corrected chi connectivity index (χ2v) is 6.23. The van der Waals surface area contributed by atoms with Gasteiger partial charge in [0.1, 0.15) is 0 Å². The van der Waals surface area contributed by atoms with Crippen molar-refractivity contribution in [3.05, 3.63) is 51.8 Å². The van der Waals surface area contributed by atoms with Crippen LogP contribution < -0.4 is 4.90 Å². The van der Waals surface area contributed by atoms with Crippen LogP contribution >= 0.6 is 0 Å². The van der Waals surface area contributed by atoms with Crippen LogP contribution in [0.25, 0.3) is 0 Å². The first-order chi connectivity index (χ1) is 11.0. The monoisotopic (exact) mass is 314 g/mol. The molecule has 1 fully saturated rings. The van der Waals surface area contributed by atoms with Crippen molar-refractivity contribution in [2.75, 3.05) is 11.4 Å². The first-order valence-electron chi connectivity index (χ1n) is 8.01. The second kappa shape index (κ2) is 6.02. The number of rotatable bonds is 4. The SMILES string of the molecule is CC[C@H]1[C@H](c2ccc(C)cc2)CCN1c1c([N+](=O)[O-])ncn1C. The molecule has 1 aliphatic rings. The van der Waals surface area contributed by atoms with E-state index in [1.54, 1.807) is 4.57 Å². The van der Waals surface area contributed by atoms with Crippen LogP contribution in [0.15, 0.2) is 30.6 Å². The van der Waals surface area contributed by atoms with Gasteiger partial charge in [0, 0.05) is 25.6 Å². The molecule has 0 saturated carbocycles. The van der Waals surface area contributed by atoms with E-state index in [0.29, 0.717) is 11.7 Å². The lowest BCUT2D eigenvalue weighted by Gasteiger charge is -2.28. The van der Waals surface area contributed by atoms with Gasteiger partial charge in [-0.3, -0.25) is 4.57 Å². The molecule has 6 heteroatoms. The molecule has 1 aliphatic heterocycles. The van der Waals surface area contributed by atoms with Gasteiger partial charge < -0.3 is 15.0 Å². The summed E-state index contributed by atoms with van der Waals surface area (Å²) in [5.41, 5.74) is 2.56. The molecular formula is C17H22N4O2. The number of benzene rings is 1. The minimum atomic E-state index is -0.388. The molecule has 2 atom stereocenters. The lowest BCUT2D eigenvalue weighted by Crippen LogP contribution is -2.33. The number of hydrogen-bond acceptors (Lipinski definition) is 4. The molecule has 2 aromatic rings. The van der Waals surface area contributed by atoms with Gasteiger partial charge in [0.15, 0.2) is 0 Å². The van der Waals surface area contributed by atoms with Crippen LogP contribution in [-0.4, -0.2) is 27.1 Å². The topological polar surface area (TPSA) is 64.2 Å². The van der Waals surface area contributed by atoms with Gasteiger partial charge in [-0.25, -0.2) is 0 Å². The third-order valence-corrected chi connectivity index (χ3v) is 4.80. The Hall–Kier alpha value is -2.37. The van der Waals surface area contributed by atoms with E-state index in [-0.39, 0.29) is 16.8 Å².